The highest BCUT2D eigenvalue weighted by molar-refractivity contribution is 9.10. The molecule has 0 atom stereocenters. The SMILES string of the molecule is CN(Cc1ccccc1Br)C(=O)CSC1CCCCC1. The van der Waals surface area contributed by atoms with Gasteiger partial charge in [0.1, 0.15) is 0 Å². The zero-order valence-corrected chi connectivity index (χ0v) is 14.4. The Bertz CT molecular complexity index is 446. The van der Waals surface area contributed by atoms with E-state index in [1.165, 1.54) is 32.1 Å². The number of rotatable bonds is 5. The molecule has 0 bridgehead atoms. The number of carbonyl (C=O) groups is 1. The molecule has 4 heteroatoms. The first-order valence-electron chi connectivity index (χ1n) is 7.26. The van der Waals surface area contributed by atoms with Crippen LogP contribution in [0.25, 0.3) is 0 Å². The lowest BCUT2D eigenvalue weighted by Crippen LogP contribution is -2.28. The van der Waals surface area contributed by atoms with Crippen molar-refractivity contribution in [1.82, 2.24) is 4.90 Å². The molecule has 0 aromatic heterocycles. The van der Waals surface area contributed by atoms with Gasteiger partial charge in [0.2, 0.25) is 5.91 Å². The van der Waals surface area contributed by atoms with E-state index in [0.717, 1.165) is 10.0 Å². The molecule has 1 aromatic rings. The summed E-state index contributed by atoms with van der Waals surface area (Å²) >= 11 is 5.38. The summed E-state index contributed by atoms with van der Waals surface area (Å²) in [5.41, 5.74) is 1.16. The van der Waals surface area contributed by atoms with Gasteiger partial charge in [-0.15, -0.1) is 11.8 Å². The van der Waals surface area contributed by atoms with Crippen LogP contribution in [0.15, 0.2) is 28.7 Å². The Hall–Kier alpha value is -0.480. The fourth-order valence-corrected chi connectivity index (χ4v) is 4.18. The van der Waals surface area contributed by atoms with Crippen molar-refractivity contribution in [3.63, 3.8) is 0 Å². The summed E-state index contributed by atoms with van der Waals surface area (Å²) in [7, 11) is 1.89. The maximum atomic E-state index is 12.2. The quantitative estimate of drug-likeness (QED) is 0.776. The molecule has 0 radical (unpaired) electrons. The third-order valence-corrected chi connectivity index (χ3v) is 5.92. The molecule has 2 nitrogen and oxygen atoms in total. The molecule has 1 fully saturated rings. The maximum absolute atomic E-state index is 12.2. The van der Waals surface area contributed by atoms with Gasteiger partial charge in [-0.1, -0.05) is 53.4 Å². The highest BCUT2D eigenvalue weighted by Crippen LogP contribution is 2.28. The highest BCUT2D eigenvalue weighted by Gasteiger charge is 2.17. The summed E-state index contributed by atoms with van der Waals surface area (Å²) in [6.45, 7) is 0.672. The lowest BCUT2D eigenvalue weighted by molar-refractivity contribution is -0.127. The first-order valence-corrected chi connectivity index (χ1v) is 9.10. The summed E-state index contributed by atoms with van der Waals surface area (Å²) in [5, 5.41) is 0.699. The first-order chi connectivity index (χ1) is 9.66. The third kappa shape index (κ3) is 4.81. The Kier molecular flexibility index (Phi) is 6.43. The number of hydrogen-bond donors (Lipinski definition) is 0. The number of thioether (sulfide) groups is 1. The number of halogens is 1. The van der Waals surface area contributed by atoms with Crippen LogP contribution in [0.4, 0.5) is 0 Å². The van der Waals surface area contributed by atoms with Gasteiger partial charge < -0.3 is 4.90 Å². The molecule has 0 heterocycles. The molecule has 0 aliphatic heterocycles. The first kappa shape index (κ1) is 15.9. The van der Waals surface area contributed by atoms with Crippen molar-refractivity contribution in [3.05, 3.63) is 34.3 Å². The van der Waals surface area contributed by atoms with E-state index >= 15 is 0 Å². The zero-order chi connectivity index (χ0) is 14.4. The molecule has 1 aliphatic carbocycles. The molecule has 110 valence electrons. The van der Waals surface area contributed by atoms with Crippen LogP contribution in [0, 0.1) is 0 Å². The van der Waals surface area contributed by atoms with Crippen molar-refractivity contribution in [2.75, 3.05) is 12.8 Å². The monoisotopic (exact) mass is 355 g/mol. The van der Waals surface area contributed by atoms with Crippen molar-refractivity contribution in [2.45, 2.75) is 43.9 Å². The molecule has 0 unspecified atom stereocenters. The third-order valence-electron chi connectivity index (χ3n) is 3.79. The van der Waals surface area contributed by atoms with Crippen molar-refractivity contribution >= 4 is 33.6 Å². The van der Waals surface area contributed by atoms with Crippen LogP contribution in [0.3, 0.4) is 0 Å². The minimum absolute atomic E-state index is 0.233. The van der Waals surface area contributed by atoms with Gasteiger partial charge in [-0.05, 0) is 24.5 Å². The van der Waals surface area contributed by atoms with Gasteiger partial charge in [-0.3, -0.25) is 4.79 Å². The van der Waals surface area contributed by atoms with E-state index in [9.17, 15) is 4.79 Å². The number of nitrogens with zero attached hydrogens (tertiary/aromatic N) is 1. The summed E-state index contributed by atoms with van der Waals surface area (Å²) in [6, 6.07) is 8.08. The molecule has 0 spiro atoms. The average Bonchev–Trinajstić information content (AvgIpc) is 2.48. The van der Waals surface area contributed by atoms with Gasteiger partial charge >= 0.3 is 0 Å². The van der Waals surface area contributed by atoms with Crippen LogP contribution < -0.4 is 0 Å². The van der Waals surface area contributed by atoms with Crippen LogP contribution in [0.1, 0.15) is 37.7 Å². The summed E-state index contributed by atoms with van der Waals surface area (Å²) in [4.78, 5) is 14.0. The summed E-state index contributed by atoms with van der Waals surface area (Å²) < 4.78 is 1.07. The molecule has 2 rings (SSSR count). The number of hydrogen-bond acceptors (Lipinski definition) is 2. The number of carbonyl (C=O) groups excluding carboxylic acids is 1. The Balaban J connectivity index is 1.78. The second-order valence-corrected chi connectivity index (χ2v) is 7.56. The van der Waals surface area contributed by atoms with Crippen LogP contribution in [-0.2, 0) is 11.3 Å². The smallest absolute Gasteiger partial charge is 0.232 e. The molecule has 1 aromatic carbocycles. The second kappa shape index (κ2) is 8.08. The predicted octanol–water partition coefficient (Wildman–Crippen LogP) is 4.47. The van der Waals surface area contributed by atoms with Gasteiger partial charge in [0, 0.05) is 23.3 Å². The van der Waals surface area contributed by atoms with Gasteiger partial charge in [-0.2, -0.15) is 0 Å². The minimum atomic E-state index is 0.233. The number of amides is 1. The van der Waals surface area contributed by atoms with Crippen LogP contribution in [0.5, 0.6) is 0 Å². The summed E-state index contributed by atoms with van der Waals surface area (Å²) in [5.74, 6) is 0.849. The Morgan fingerprint density at radius 2 is 2.00 bits per heavy atom. The minimum Gasteiger partial charge on any atom is -0.341 e. The Labute approximate surface area is 134 Å². The second-order valence-electron chi connectivity index (χ2n) is 5.41. The van der Waals surface area contributed by atoms with E-state index in [1.54, 1.807) is 0 Å². The largest absolute Gasteiger partial charge is 0.341 e. The standard InChI is InChI=1S/C16H22BrNOS/c1-18(11-13-7-5-6-10-15(13)17)16(19)12-20-14-8-3-2-4-9-14/h5-7,10,14H,2-4,8-9,11-12H2,1H3. The molecule has 1 aliphatic rings. The van der Waals surface area contributed by atoms with E-state index in [1.807, 2.05) is 41.9 Å². The molecule has 0 N–H and O–H groups in total. The van der Waals surface area contributed by atoms with Crippen molar-refractivity contribution < 1.29 is 4.79 Å². The lowest BCUT2D eigenvalue weighted by atomic mass is 10.0. The van der Waals surface area contributed by atoms with Crippen molar-refractivity contribution in [1.29, 1.82) is 0 Å². The van der Waals surface area contributed by atoms with E-state index in [-0.39, 0.29) is 5.91 Å². The Morgan fingerprint density at radius 1 is 1.30 bits per heavy atom. The van der Waals surface area contributed by atoms with Gasteiger partial charge in [0.05, 0.1) is 5.75 Å². The molecule has 1 amide bonds. The van der Waals surface area contributed by atoms with Gasteiger partial charge in [-0.25, -0.2) is 0 Å². The predicted molar refractivity (Wildman–Crippen MR) is 89.9 cm³/mol. The molecule has 0 saturated heterocycles. The van der Waals surface area contributed by atoms with Crippen LogP contribution in [-0.4, -0.2) is 28.9 Å². The van der Waals surface area contributed by atoms with E-state index < -0.39 is 0 Å². The van der Waals surface area contributed by atoms with Gasteiger partial charge in [0.15, 0.2) is 0 Å². The molecular formula is C16H22BrNOS. The fraction of sp³-hybridized carbons (Fsp3) is 0.562. The Morgan fingerprint density at radius 3 is 2.70 bits per heavy atom. The molecular weight excluding hydrogens is 334 g/mol. The maximum Gasteiger partial charge on any atom is 0.232 e. The number of benzene rings is 1. The van der Waals surface area contributed by atoms with E-state index in [4.69, 9.17) is 0 Å². The van der Waals surface area contributed by atoms with Gasteiger partial charge in [0.25, 0.3) is 0 Å². The highest BCUT2D eigenvalue weighted by atomic mass is 79.9. The van der Waals surface area contributed by atoms with Crippen LogP contribution in [0.2, 0.25) is 0 Å². The topological polar surface area (TPSA) is 20.3 Å². The normalized spacial score (nSPS) is 16.1. The summed E-state index contributed by atoms with van der Waals surface area (Å²) in [6.07, 6.45) is 6.60. The molecule has 20 heavy (non-hydrogen) atoms. The van der Waals surface area contributed by atoms with Crippen molar-refractivity contribution in [2.24, 2.45) is 0 Å². The molecule has 1 saturated carbocycles. The zero-order valence-electron chi connectivity index (χ0n) is 12.0. The van der Waals surface area contributed by atoms with E-state index in [0.29, 0.717) is 17.5 Å². The van der Waals surface area contributed by atoms with Crippen molar-refractivity contribution in [3.8, 4) is 0 Å². The fourth-order valence-electron chi connectivity index (χ4n) is 2.50. The van der Waals surface area contributed by atoms with Crippen LogP contribution >= 0.6 is 27.7 Å². The van der Waals surface area contributed by atoms with E-state index in [2.05, 4.69) is 22.0 Å². The average molecular weight is 356 g/mol. The lowest BCUT2D eigenvalue weighted by Gasteiger charge is -2.23.